The molecule has 182 valence electrons. The molecule has 2 N–H and O–H groups in total. The lowest BCUT2D eigenvalue weighted by molar-refractivity contribution is -0.139. The van der Waals surface area contributed by atoms with Gasteiger partial charge < -0.3 is 14.9 Å². The molecule has 2 heterocycles. The predicted molar refractivity (Wildman–Crippen MR) is 126 cm³/mol. The van der Waals surface area contributed by atoms with E-state index in [0.29, 0.717) is 26.9 Å². The minimum Gasteiger partial charge on any atom is -0.495 e. The van der Waals surface area contributed by atoms with Gasteiger partial charge in [-0.25, -0.2) is 17.9 Å². The van der Waals surface area contributed by atoms with Gasteiger partial charge in [-0.05, 0) is 76.5 Å². The van der Waals surface area contributed by atoms with Crippen molar-refractivity contribution in [2.45, 2.75) is 61.7 Å². The Hall–Kier alpha value is -2.50. The minimum absolute atomic E-state index is 0.0623. The average molecular weight is 506 g/mol. The summed E-state index contributed by atoms with van der Waals surface area (Å²) in [6, 6.07) is 4.63. The molecule has 1 aromatic carbocycles. The molecule has 34 heavy (non-hydrogen) atoms. The number of nitrogens with zero attached hydrogens (tertiary/aromatic N) is 3. The second kappa shape index (κ2) is 7.50. The summed E-state index contributed by atoms with van der Waals surface area (Å²) in [5.74, 6) is -0.952. The molecule has 0 unspecified atom stereocenters. The van der Waals surface area contributed by atoms with Crippen LogP contribution in [0.3, 0.4) is 0 Å². The van der Waals surface area contributed by atoms with E-state index in [1.54, 1.807) is 10.6 Å². The topological polar surface area (TPSA) is 131 Å². The molecule has 0 aliphatic heterocycles. The molecule has 0 radical (unpaired) electrons. The van der Waals surface area contributed by atoms with E-state index >= 15 is 0 Å². The highest BCUT2D eigenvalue weighted by Crippen LogP contribution is 2.58. The number of hydrogen-bond donors (Lipinski definition) is 2. The Bertz CT molecular complexity index is 1400. The monoisotopic (exact) mass is 505 g/mol. The van der Waals surface area contributed by atoms with E-state index in [9.17, 15) is 23.4 Å². The third-order valence-corrected chi connectivity index (χ3v) is 10.5. The van der Waals surface area contributed by atoms with Crippen LogP contribution in [0.5, 0.6) is 5.75 Å². The minimum atomic E-state index is -4.30. The SMILES string of the molecule is COc1ccc(-c2c(C)nc3sc(C(O)(C4CC4)C4CC4)nn23)cc1S(=O)(=O)C(C)(C)C(=O)O. The fraction of sp³-hybridized carbons (Fsp3) is 0.522. The van der Waals surface area contributed by atoms with Crippen molar-refractivity contribution in [2.24, 2.45) is 11.8 Å². The van der Waals surface area contributed by atoms with E-state index in [2.05, 4.69) is 4.98 Å². The number of fused-ring (bicyclic) bond motifs is 1. The summed E-state index contributed by atoms with van der Waals surface area (Å²) in [7, 11) is -2.96. The van der Waals surface area contributed by atoms with E-state index in [-0.39, 0.29) is 22.5 Å². The zero-order valence-electron chi connectivity index (χ0n) is 19.4. The van der Waals surface area contributed by atoms with Gasteiger partial charge in [0, 0.05) is 5.56 Å². The number of carbonyl (C=O) groups is 1. The fourth-order valence-corrected chi connectivity index (χ4v) is 7.17. The number of rotatable bonds is 8. The Labute approximate surface area is 201 Å². The summed E-state index contributed by atoms with van der Waals surface area (Å²) in [5.41, 5.74) is 0.830. The van der Waals surface area contributed by atoms with Crippen molar-refractivity contribution >= 4 is 32.1 Å². The van der Waals surface area contributed by atoms with Gasteiger partial charge in [-0.3, -0.25) is 4.79 Å². The predicted octanol–water partition coefficient (Wildman–Crippen LogP) is 3.42. The summed E-state index contributed by atoms with van der Waals surface area (Å²) < 4.78 is 31.5. The van der Waals surface area contributed by atoms with Gasteiger partial charge in [0.25, 0.3) is 0 Å². The Balaban J connectivity index is 1.66. The van der Waals surface area contributed by atoms with Gasteiger partial charge in [0.05, 0.1) is 18.5 Å². The molecule has 2 saturated carbocycles. The van der Waals surface area contributed by atoms with Crippen LogP contribution in [0, 0.1) is 18.8 Å². The van der Waals surface area contributed by atoms with Crippen LogP contribution >= 0.6 is 11.3 Å². The molecule has 5 rings (SSSR count). The van der Waals surface area contributed by atoms with E-state index in [4.69, 9.17) is 9.84 Å². The molecule has 2 aromatic heterocycles. The summed E-state index contributed by atoms with van der Waals surface area (Å²) in [5, 5.41) is 26.5. The maximum Gasteiger partial charge on any atom is 0.324 e. The molecule has 9 nitrogen and oxygen atoms in total. The normalized spacial score (nSPS) is 17.3. The summed E-state index contributed by atoms with van der Waals surface area (Å²) in [6.45, 7) is 4.12. The van der Waals surface area contributed by atoms with Gasteiger partial charge >= 0.3 is 5.97 Å². The number of ether oxygens (including phenoxy) is 1. The zero-order valence-corrected chi connectivity index (χ0v) is 21.0. The number of methoxy groups -OCH3 is 1. The number of aryl methyl sites for hydroxylation is 1. The van der Waals surface area contributed by atoms with Crippen LogP contribution in [0.15, 0.2) is 23.1 Å². The number of imidazole rings is 1. The Kier molecular flexibility index (Phi) is 5.13. The highest BCUT2D eigenvalue weighted by atomic mass is 32.2. The number of aliphatic carboxylic acids is 1. The number of hydrogen-bond acceptors (Lipinski definition) is 8. The smallest absolute Gasteiger partial charge is 0.324 e. The number of benzene rings is 1. The molecule has 0 bridgehead atoms. The highest BCUT2D eigenvalue weighted by Gasteiger charge is 2.56. The van der Waals surface area contributed by atoms with E-state index in [1.165, 1.54) is 30.6 Å². The number of carboxylic acid groups (broad SMARTS) is 1. The van der Waals surface area contributed by atoms with Gasteiger partial charge in [0.1, 0.15) is 21.3 Å². The lowest BCUT2D eigenvalue weighted by Crippen LogP contribution is -2.40. The molecule has 11 heteroatoms. The van der Waals surface area contributed by atoms with Gasteiger partial charge in [0.15, 0.2) is 14.6 Å². The first-order valence-electron chi connectivity index (χ1n) is 11.2. The molecule has 0 atom stereocenters. The van der Waals surface area contributed by atoms with Gasteiger partial charge in [-0.15, -0.1) is 0 Å². The number of aromatic nitrogens is 3. The summed E-state index contributed by atoms with van der Waals surface area (Å²) in [4.78, 5) is 16.8. The summed E-state index contributed by atoms with van der Waals surface area (Å²) >= 11 is 1.37. The van der Waals surface area contributed by atoms with Crippen molar-refractivity contribution in [3.05, 3.63) is 28.9 Å². The standard InChI is InChI=1S/C23H27N3O6S2/c1-12-18(13-5-10-16(32-4)17(11-13)34(30,31)22(2,3)20(27)28)26-21(24-12)33-19(25-26)23(29,14-6-7-14)15-8-9-15/h5,10-11,14-15,29H,6-9H2,1-4H3,(H,27,28). The lowest BCUT2D eigenvalue weighted by Gasteiger charge is -2.25. The Morgan fingerprint density at radius 1 is 1.21 bits per heavy atom. The molecule has 3 aromatic rings. The number of sulfone groups is 1. The maximum absolute atomic E-state index is 13.3. The molecule has 2 aliphatic rings. The van der Waals surface area contributed by atoms with Crippen molar-refractivity contribution < 1.29 is 28.2 Å². The fourth-order valence-electron chi connectivity index (χ4n) is 4.50. The zero-order chi connectivity index (χ0) is 24.6. The second-order valence-electron chi connectivity index (χ2n) is 9.71. The van der Waals surface area contributed by atoms with Crippen molar-refractivity contribution in [1.29, 1.82) is 0 Å². The van der Waals surface area contributed by atoms with Crippen molar-refractivity contribution in [2.75, 3.05) is 7.11 Å². The van der Waals surface area contributed by atoms with Crippen LogP contribution in [0.4, 0.5) is 0 Å². The molecular formula is C23H27N3O6S2. The van der Waals surface area contributed by atoms with Crippen molar-refractivity contribution in [1.82, 2.24) is 14.6 Å². The van der Waals surface area contributed by atoms with Gasteiger partial charge in [0.2, 0.25) is 4.96 Å². The molecule has 0 spiro atoms. The van der Waals surface area contributed by atoms with Gasteiger partial charge in [-0.1, -0.05) is 11.3 Å². The van der Waals surface area contributed by atoms with Crippen LogP contribution in [-0.2, 0) is 20.2 Å². The average Bonchev–Trinajstić information content (AvgIpc) is 3.70. The number of carboxylic acids is 1. The van der Waals surface area contributed by atoms with Gasteiger partial charge in [-0.2, -0.15) is 5.10 Å². The third kappa shape index (κ3) is 3.28. The largest absolute Gasteiger partial charge is 0.495 e. The lowest BCUT2D eigenvalue weighted by atomic mass is 9.93. The quantitative estimate of drug-likeness (QED) is 0.476. The van der Waals surface area contributed by atoms with E-state index in [1.807, 2.05) is 6.92 Å². The molecule has 0 saturated heterocycles. The molecule has 2 fully saturated rings. The second-order valence-corrected chi connectivity index (χ2v) is 13.1. The number of aliphatic hydroxyl groups is 1. The first-order chi connectivity index (χ1) is 15.9. The highest BCUT2D eigenvalue weighted by molar-refractivity contribution is 7.93. The summed E-state index contributed by atoms with van der Waals surface area (Å²) in [6.07, 6.45) is 3.94. The Morgan fingerprint density at radius 2 is 1.82 bits per heavy atom. The first-order valence-corrected chi connectivity index (χ1v) is 13.5. The molecule has 0 amide bonds. The van der Waals surface area contributed by atoms with E-state index in [0.717, 1.165) is 39.5 Å². The Morgan fingerprint density at radius 3 is 2.35 bits per heavy atom. The maximum atomic E-state index is 13.3. The van der Waals surface area contributed by atoms with E-state index < -0.39 is 26.2 Å². The van der Waals surface area contributed by atoms with Crippen LogP contribution in [0.1, 0.15) is 50.2 Å². The van der Waals surface area contributed by atoms with Crippen molar-refractivity contribution in [3.63, 3.8) is 0 Å². The first kappa shape index (κ1) is 23.3. The molecular weight excluding hydrogens is 478 g/mol. The van der Waals surface area contributed by atoms with Crippen molar-refractivity contribution in [3.8, 4) is 17.0 Å². The van der Waals surface area contributed by atoms with Crippen LogP contribution < -0.4 is 4.74 Å². The van der Waals surface area contributed by atoms with Crippen LogP contribution in [0.2, 0.25) is 0 Å². The third-order valence-electron chi connectivity index (χ3n) is 7.03. The van der Waals surface area contributed by atoms with Crippen LogP contribution in [-0.4, -0.2) is 51.1 Å². The molecule has 2 aliphatic carbocycles. The van der Waals surface area contributed by atoms with Crippen LogP contribution in [0.25, 0.3) is 16.2 Å².